The van der Waals surface area contributed by atoms with Crippen LogP contribution in [0, 0.1) is 13.8 Å². The molecule has 6 heteroatoms. The molecule has 0 saturated heterocycles. The molecular weight excluding hydrogens is 284 g/mol. The minimum absolute atomic E-state index is 0.180. The Morgan fingerprint density at radius 2 is 2.24 bits per heavy atom. The molecule has 1 amide bonds. The lowest BCUT2D eigenvalue weighted by atomic mass is 10.2. The number of pyridine rings is 1. The molecule has 2 heterocycles. The summed E-state index contributed by atoms with van der Waals surface area (Å²) in [4.78, 5) is 16.0. The third-order valence-electron chi connectivity index (χ3n) is 2.38. The average Bonchev–Trinajstić information content (AvgIpc) is 2.62. The molecule has 0 spiro atoms. The Balaban J connectivity index is 2.27. The Labute approximate surface area is 107 Å². The smallest absolute Gasteiger partial charge is 0.259 e. The van der Waals surface area contributed by atoms with Crippen molar-refractivity contribution in [2.24, 2.45) is 0 Å². The molecule has 0 aliphatic rings. The van der Waals surface area contributed by atoms with E-state index in [4.69, 9.17) is 0 Å². The van der Waals surface area contributed by atoms with Crippen molar-refractivity contribution in [1.82, 2.24) is 15.2 Å². The van der Waals surface area contributed by atoms with Crippen LogP contribution in [0.4, 0.5) is 5.69 Å². The number of halogens is 1. The van der Waals surface area contributed by atoms with Crippen LogP contribution in [0.3, 0.4) is 0 Å². The van der Waals surface area contributed by atoms with E-state index in [1.807, 2.05) is 6.92 Å². The first-order valence-electron chi connectivity index (χ1n) is 5.02. The van der Waals surface area contributed by atoms with Crippen molar-refractivity contribution in [2.75, 3.05) is 5.32 Å². The second-order valence-corrected chi connectivity index (χ2v) is 4.47. The molecule has 2 N–H and O–H groups in total. The Morgan fingerprint density at radius 1 is 1.47 bits per heavy atom. The van der Waals surface area contributed by atoms with Crippen LogP contribution in [-0.4, -0.2) is 21.1 Å². The van der Waals surface area contributed by atoms with Crippen molar-refractivity contribution in [3.63, 3.8) is 0 Å². The third-order valence-corrected chi connectivity index (χ3v) is 3.01. The first-order valence-corrected chi connectivity index (χ1v) is 5.81. The quantitative estimate of drug-likeness (QED) is 0.894. The van der Waals surface area contributed by atoms with Crippen LogP contribution >= 0.6 is 15.9 Å². The van der Waals surface area contributed by atoms with E-state index in [-0.39, 0.29) is 5.91 Å². The molecule has 2 aromatic heterocycles. The number of H-pyrrole nitrogens is 1. The highest BCUT2D eigenvalue weighted by Crippen LogP contribution is 2.21. The summed E-state index contributed by atoms with van der Waals surface area (Å²) >= 11 is 3.32. The minimum Gasteiger partial charge on any atom is -0.321 e. The normalized spacial score (nSPS) is 10.3. The van der Waals surface area contributed by atoms with Gasteiger partial charge >= 0.3 is 0 Å². The number of carbonyl (C=O) groups is 1. The van der Waals surface area contributed by atoms with E-state index in [9.17, 15) is 4.79 Å². The van der Waals surface area contributed by atoms with Crippen LogP contribution < -0.4 is 5.32 Å². The Kier molecular flexibility index (Phi) is 3.23. The number of hydrogen-bond donors (Lipinski definition) is 2. The Morgan fingerprint density at radius 3 is 2.82 bits per heavy atom. The first-order chi connectivity index (χ1) is 8.09. The summed E-state index contributed by atoms with van der Waals surface area (Å²) in [6.07, 6.45) is 3.25. The highest BCUT2D eigenvalue weighted by atomic mass is 79.9. The van der Waals surface area contributed by atoms with Crippen molar-refractivity contribution in [3.05, 3.63) is 39.9 Å². The molecule has 0 unspecified atom stereocenters. The van der Waals surface area contributed by atoms with Gasteiger partial charge in [0.15, 0.2) is 0 Å². The Hall–Kier alpha value is -1.69. The zero-order chi connectivity index (χ0) is 12.4. The molecule has 2 aromatic rings. The van der Waals surface area contributed by atoms with Crippen LogP contribution in [0.2, 0.25) is 0 Å². The van der Waals surface area contributed by atoms with Crippen molar-refractivity contribution in [2.45, 2.75) is 13.8 Å². The molecule has 0 aliphatic heterocycles. The van der Waals surface area contributed by atoms with Crippen LogP contribution in [-0.2, 0) is 0 Å². The second kappa shape index (κ2) is 4.67. The molecule has 88 valence electrons. The maximum absolute atomic E-state index is 12.1. The van der Waals surface area contributed by atoms with Gasteiger partial charge in [0.05, 0.1) is 21.4 Å². The molecule has 0 atom stereocenters. The molecule has 2 rings (SSSR count). The fraction of sp³-hybridized carbons (Fsp3) is 0.182. The molecule has 17 heavy (non-hydrogen) atoms. The lowest BCUT2D eigenvalue weighted by Crippen LogP contribution is -2.14. The lowest BCUT2D eigenvalue weighted by molar-refractivity contribution is 0.102. The average molecular weight is 295 g/mol. The third kappa shape index (κ3) is 2.36. The standard InChI is InChI=1S/C11H11BrN4O/c1-6-10(7(2)16-15-6)11(17)14-9-3-4-13-5-8(9)12/h3-5H,1-2H3,(H,15,16)(H,13,14,17). The van der Waals surface area contributed by atoms with Gasteiger partial charge in [0.2, 0.25) is 0 Å². The van der Waals surface area contributed by atoms with Gasteiger partial charge in [0.25, 0.3) is 5.91 Å². The van der Waals surface area contributed by atoms with E-state index >= 15 is 0 Å². The van der Waals surface area contributed by atoms with Crippen LogP contribution in [0.1, 0.15) is 21.7 Å². The predicted octanol–water partition coefficient (Wildman–Crippen LogP) is 2.44. The minimum atomic E-state index is -0.180. The van der Waals surface area contributed by atoms with Gasteiger partial charge in [-0.25, -0.2) is 0 Å². The maximum Gasteiger partial charge on any atom is 0.259 e. The van der Waals surface area contributed by atoms with Gasteiger partial charge in [-0.2, -0.15) is 5.10 Å². The number of nitrogens with zero attached hydrogens (tertiary/aromatic N) is 2. The summed E-state index contributed by atoms with van der Waals surface area (Å²) in [5, 5.41) is 9.58. The monoisotopic (exact) mass is 294 g/mol. The van der Waals surface area contributed by atoms with Crippen LogP contribution in [0.25, 0.3) is 0 Å². The van der Waals surface area contributed by atoms with Crippen molar-refractivity contribution in [1.29, 1.82) is 0 Å². The summed E-state index contributed by atoms with van der Waals surface area (Å²) < 4.78 is 0.743. The van der Waals surface area contributed by atoms with E-state index in [2.05, 4.69) is 36.4 Å². The van der Waals surface area contributed by atoms with Gasteiger partial charge in [-0.3, -0.25) is 14.9 Å². The van der Waals surface area contributed by atoms with Gasteiger partial charge in [-0.15, -0.1) is 0 Å². The van der Waals surface area contributed by atoms with Crippen molar-refractivity contribution in [3.8, 4) is 0 Å². The molecule has 0 bridgehead atoms. The molecule has 0 aromatic carbocycles. The van der Waals surface area contributed by atoms with Crippen molar-refractivity contribution < 1.29 is 4.79 Å². The molecule has 0 saturated carbocycles. The van der Waals surface area contributed by atoms with E-state index in [0.717, 1.165) is 10.2 Å². The van der Waals surface area contributed by atoms with Gasteiger partial charge in [0, 0.05) is 18.1 Å². The highest BCUT2D eigenvalue weighted by Gasteiger charge is 2.15. The number of aromatic nitrogens is 3. The van der Waals surface area contributed by atoms with Crippen molar-refractivity contribution >= 4 is 27.5 Å². The van der Waals surface area contributed by atoms with E-state index < -0.39 is 0 Å². The van der Waals surface area contributed by atoms with Crippen LogP contribution in [0.5, 0.6) is 0 Å². The van der Waals surface area contributed by atoms with Gasteiger partial charge in [-0.05, 0) is 35.8 Å². The predicted molar refractivity (Wildman–Crippen MR) is 68.0 cm³/mol. The lowest BCUT2D eigenvalue weighted by Gasteiger charge is -2.06. The van der Waals surface area contributed by atoms with Crippen LogP contribution in [0.15, 0.2) is 22.9 Å². The van der Waals surface area contributed by atoms with E-state index in [0.29, 0.717) is 16.9 Å². The number of nitrogens with one attached hydrogen (secondary N) is 2. The number of amides is 1. The van der Waals surface area contributed by atoms with Gasteiger partial charge in [0.1, 0.15) is 0 Å². The fourth-order valence-corrected chi connectivity index (χ4v) is 1.90. The summed E-state index contributed by atoms with van der Waals surface area (Å²) in [6, 6.07) is 1.73. The number of hydrogen-bond acceptors (Lipinski definition) is 3. The number of aryl methyl sites for hydroxylation is 2. The zero-order valence-corrected chi connectivity index (χ0v) is 11.0. The topological polar surface area (TPSA) is 70.7 Å². The molecule has 0 aliphatic carbocycles. The van der Waals surface area contributed by atoms with Gasteiger partial charge in [-0.1, -0.05) is 0 Å². The second-order valence-electron chi connectivity index (χ2n) is 3.62. The number of rotatable bonds is 2. The number of aromatic amines is 1. The molecule has 0 fully saturated rings. The number of carbonyl (C=O) groups excluding carboxylic acids is 1. The SMILES string of the molecule is Cc1n[nH]c(C)c1C(=O)Nc1ccncc1Br. The summed E-state index contributed by atoms with van der Waals surface area (Å²) in [7, 11) is 0. The zero-order valence-electron chi connectivity index (χ0n) is 9.41. The molecule has 0 radical (unpaired) electrons. The van der Waals surface area contributed by atoms with E-state index in [1.165, 1.54) is 0 Å². The first kappa shape index (κ1) is 11.8. The summed E-state index contributed by atoms with van der Waals surface area (Å²) in [5.41, 5.74) is 2.70. The highest BCUT2D eigenvalue weighted by molar-refractivity contribution is 9.10. The van der Waals surface area contributed by atoms with Gasteiger partial charge < -0.3 is 5.32 Å². The molecule has 5 nitrogen and oxygen atoms in total. The summed E-state index contributed by atoms with van der Waals surface area (Å²) in [5.74, 6) is -0.180. The number of anilines is 1. The Bertz CT molecular complexity index is 545. The fourth-order valence-electron chi connectivity index (χ4n) is 1.55. The summed E-state index contributed by atoms with van der Waals surface area (Å²) in [6.45, 7) is 3.61. The van der Waals surface area contributed by atoms with E-state index in [1.54, 1.807) is 25.4 Å². The molecular formula is C11H11BrN4O. The largest absolute Gasteiger partial charge is 0.321 e. The maximum atomic E-state index is 12.1.